The lowest BCUT2D eigenvalue weighted by Crippen LogP contribution is -2.10. The van der Waals surface area contributed by atoms with E-state index < -0.39 is 0 Å². The van der Waals surface area contributed by atoms with Crippen molar-refractivity contribution in [3.05, 3.63) is 64.8 Å². The van der Waals surface area contributed by atoms with Gasteiger partial charge in [0.15, 0.2) is 5.65 Å². The molecule has 0 aliphatic heterocycles. The molecule has 0 bridgehead atoms. The summed E-state index contributed by atoms with van der Waals surface area (Å²) in [6.45, 7) is 0. The molecule has 2 heterocycles. The lowest BCUT2D eigenvalue weighted by atomic mass is 10.1. The van der Waals surface area contributed by atoms with Crippen LogP contribution in [0.5, 0.6) is 0 Å². The summed E-state index contributed by atoms with van der Waals surface area (Å²) in [5, 5.41) is 7.98. The van der Waals surface area contributed by atoms with Crippen molar-refractivity contribution in [1.82, 2.24) is 14.8 Å². The third kappa shape index (κ3) is 1.57. The van der Waals surface area contributed by atoms with Crippen LogP contribution in [0, 0.1) is 0 Å². The molecule has 0 spiro atoms. The number of pyridine rings is 1. The molecule has 0 amide bonds. The maximum absolute atomic E-state index is 12.6. The second-order valence-electron chi connectivity index (χ2n) is 4.85. The molecule has 5 heteroatoms. The number of para-hydroxylation sites is 2. The van der Waals surface area contributed by atoms with Crippen LogP contribution in [0.3, 0.4) is 0 Å². The fourth-order valence-corrected chi connectivity index (χ4v) is 2.68. The molecule has 0 unspecified atom stereocenters. The summed E-state index contributed by atoms with van der Waals surface area (Å²) >= 11 is 0. The first-order chi connectivity index (χ1) is 10.3. The zero-order valence-electron chi connectivity index (χ0n) is 11.1. The first kappa shape index (κ1) is 11.7. The summed E-state index contributed by atoms with van der Waals surface area (Å²) in [6, 6.07) is 17.3. The zero-order chi connectivity index (χ0) is 14.4. The molecule has 0 aliphatic rings. The summed E-state index contributed by atoms with van der Waals surface area (Å²) in [5.74, 6) is 0.297. The molecule has 102 valence electrons. The SMILES string of the molecule is Nc1[nH]nc2c1c(=O)c1ccccc1n2-c1ccccc1. The van der Waals surface area contributed by atoms with E-state index in [4.69, 9.17) is 5.73 Å². The molecule has 0 saturated heterocycles. The van der Waals surface area contributed by atoms with Crippen LogP contribution in [-0.4, -0.2) is 14.8 Å². The van der Waals surface area contributed by atoms with E-state index in [9.17, 15) is 4.79 Å². The molecule has 0 fully saturated rings. The Kier molecular flexibility index (Phi) is 2.35. The Bertz CT molecular complexity index is 1010. The number of H-pyrrole nitrogens is 1. The van der Waals surface area contributed by atoms with E-state index in [1.54, 1.807) is 0 Å². The van der Waals surface area contributed by atoms with Gasteiger partial charge in [-0.1, -0.05) is 30.3 Å². The molecular weight excluding hydrogens is 264 g/mol. The Morgan fingerprint density at radius 3 is 2.52 bits per heavy atom. The van der Waals surface area contributed by atoms with Crippen LogP contribution in [0.15, 0.2) is 59.4 Å². The van der Waals surface area contributed by atoms with E-state index in [1.165, 1.54) is 0 Å². The number of nitrogens with zero attached hydrogens (tertiary/aromatic N) is 2. The zero-order valence-corrected chi connectivity index (χ0v) is 11.1. The van der Waals surface area contributed by atoms with Crippen molar-refractivity contribution in [2.75, 3.05) is 5.73 Å². The smallest absolute Gasteiger partial charge is 0.202 e. The Morgan fingerprint density at radius 2 is 1.71 bits per heavy atom. The highest BCUT2D eigenvalue weighted by Gasteiger charge is 2.16. The van der Waals surface area contributed by atoms with Gasteiger partial charge in [0.25, 0.3) is 0 Å². The van der Waals surface area contributed by atoms with Crippen LogP contribution in [0.1, 0.15) is 0 Å². The van der Waals surface area contributed by atoms with Gasteiger partial charge in [0.2, 0.25) is 5.43 Å². The van der Waals surface area contributed by atoms with Crippen molar-refractivity contribution in [3.8, 4) is 5.69 Å². The van der Waals surface area contributed by atoms with Gasteiger partial charge in [0.05, 0.1) is 5.52 Å². The monoisotopic (exact) mass is 276 g/mol. The van der Waals surface area contributed by atoms with Crippen LogP contribution < -0.4 is 11.2 Å². The topological polar surface area (TPSA) is 76.7 Å². The largest absolute Gasteiger partial charge is 0.383 e. The Labute approximate surface area is 119 Å². The van der Waals surface area contributed by atoms with Gasteiger partial charge < -0.3 is 5.73 Å². The number of nitrogens with one attached hydrogen (secondary N) is 1. The number of rotatable bonds is 1. The quantitative estimate of drug-likeness (QED) is 0.560. The maximum atomic E-state index is 12.6. The van der Waals surface area contributed by atoms with Gasteiger partial charge in [-0.05, 0) is 24.3 Å². The number of hydrogen-bond acceptors (Lipinski definition) is 3. The second-order valence-corrected chi connectivity index (χ2v) is 4.85. The van der Waals surface area contributed by atoms with E-state index in [-0.39, 0.29) is 5.43 Å². The Hall–Kier alpha value is -3.08. The number of hydrogen-bond donors (Lipinski definition) is 2. The molecule has 0 aliphatic carbocycles. The van der Waals surface area contributed by atoms with Crippen molar-refractivity contribution in [1.29, 1.82) is 0 Å². The predicted molar refractivity (Wildman–Crippen MR) is 83.6 cm³/mol. The van der Waals surface area contributed by atoms with Crippen molar-refractivity contribution in [2.45, 2.75) is 0 Å². The highest BCUT2D eigenvalue weighted by Crippen LogP contribution is 2.24. The molecule has 0 radical (unpaired) electrons. The fourth-order valence-electron chi connectivity index (χ4n) is 2.68. The van der Waals surface area contributed by atoms with Gasteiger partial charge in [0, 0.05) is 11.1 Å². The maximum Gasteiger partial charge on any atom is 0.202 e. The van der Waals surface area contributed by atoms with E-state index in [0.717, 1.165) is 11.2 Å². The molecule has 4 rings (SSSR count). The van der Waals surface area contributed by atoms with Crippen molar-refractivity contribution in [2.24, 2.45) is 0 Å². The molecule has 0 saturated carbocycles. The van der Waals surface area contributed by atoms with E-state index >= 15 is 0 Å². The number of benzene rings is 2. The van der Waals surface area contributed by atoms with Crippen molar-refractivity contribution in [3.63, 3.8) is 0 Å². The predicted octanol–water partition coefficient (Wildman–Crippen LogP) is 2.45. The van der Waals surface area contributed by atoms with Crippen LogP contribution in [0.2, 0.25) is 0 Å². The van der Waals surface area contributed by atoms with Crippen molar-refractivity contribution >= 4 is 27.8 Å². The number of fused-ring (bicyclic) bond motifs is 2. The minimum atomic E-state index is -0.0981. The standard InChI is InChI=1S/C16H12N4O/c17-15-13-14(21)11-8-4-5-9-12(11)20(16(13)19-18-15)10-6-2-1-3-7-10/h1-9H,(H3,17,18,19). The normalized spacial score (nSPS) is 11.2. The Balaban J connectivity index is 2.32. The lowest BCUT2D eigenvalue weighted by molar-refractivity contribution is 1.05. The highest BCUT2D eigenvalue weighted by atomic mass is 16.1. The van der Waals surface area contributed by atoms with Gasteiger partial charge in [-0.3, -0.25) is 14.5 Å². The minimum absolute atomic E-state index is 0.0981. The lowest BCUT2D eigenvalue weighted by Gasteiger charge is -2.11. The van der Waals surface area contributed by atoms with E-state index in [0.29, 0.717) is 22.2 Å². The van der Waals surface area contributed by atoms with Gasteiger partial charge in [0.1, 0.15) is 11.2 Å². The van der Waals surface area contributed by atoms with Gasteiger partial charge in [-0.2, -0.15) is 5.10 Å². The number of anilines is 1. The third-order valence-corrected chi connectivity index (χ3v) is 3.62. The molecule has 0 atom stereocenters. The van der Waals surface area contributed by atoms with Crippen LogP contribution in [0.4, 0.5) is 5.82 Å². The molecule has 2 aromatic carbocycles. The number of aromatic nitrogens is 3. The van der Waals surface area contributed by atoms with Crippen LogP contribution in [-0.2, 0) is 0 Å². The Morgan fingerprint density at radius 1 is 1.00 bits per heavy atom. The van der Waals surface area contributed by atoms with E-state index in [2.05, 4.69) is 10.2 Å². The third-order valence-electron chi connectivity index (χ3n) is 3.62. The second kappa shape index (κ2) is 4.21. The summed E-state index contributed by atoms with van der Waals surface area (Å²) in [6.07, 6.45) is 0. The molecule has 3 N–H and O–H groups in total. The van der Waals surface area contributed by atoms with Gasteiger partial charge in [-0.25, -0.2) is 0 Å². The van der Waals surface area contributed by atoms with Crippen LogP contribution >= 0.6 is 0 Å². The number of nitrogen functional groups attached to an aromatic ring is 1. The first-order valence-corrected chi connectivity index (χ1v) is 6.60. The fraction of sp³-hybridized carbons (Fsp3) is 0. The summed E-state index contributed by atoms with van der Waals surface area (Å²) in [5.41, 5.74) is 8.08. The summed E-state index contributed by atoms with van der Waals surface area (Å²) in [7, 11) is 0. The molecule has 5 nitrogen and oxygen atoms in total. The molecule has 4 aromatic rings. The molecule has 2 aromatic heterocycles. The van der Waals surface area contributed by atoms with Crippen LogP contribution in [0.25, 0.3) is 27.6 Å². The van der Waals surface area contributed by atoms with Gasteiger partial charge in [-0.15, -0.1) is 0 Å². The number of nitrogens with two attached hydrogens (primary N) is 1. The highest BCUT2D eigenvalue weighted by molar-refractivity contribution is 5.98. The number of aromatic amines is 1. The molecule has 21 heavy (non-hydrogen) atoms. The average molecular weight is 276 g/mol. The first-order valence-electron chi connectivity index (χ1n) is 6.60. The van der Waals surface area contributed by atoms with Crippen molar-refractivity contribution < 1.29 is 0 Å². The molecular formula is C16H12N4O. The summed E-state index contributed by atoms with van der Waals surface area (Å²) in [4.78, 5) is 12.6. The van der Waals surface area contributed by atoms with E-state index in [1.807, 2.05) is 59.2 Å². The minimum Gasteiger partial charge on any atom is -0.383 e. The van der Waals surface area contributed by atoms with Gasteiger partial charge >= 0.3 is 0 Å². The average Bonchev–Trinajstić information content (AvgIpc) is 2.91. The summed E-state index contributed by atoms with van der Waals surface area (Å²) < 4.78 is 1.94.